The molecular formula is C19H22N6. The summed E-state index contributed by atoms with van der Waals surface area (Å²) in [6, 6.07) is 12.8. The second-order valence-electron chi connectivity index (χ2n) is 6.10. The van der Waals surface area contributed by atoms with Gasteiger partial charge in [-0.2, -0.15) is 31.6 Å². The van der Waals surface area contributed by atoms with Gasteiger partial charge in [-0.1, -0.05) is 0 Å². The molecule has 0 N–H and O–H groups in total. The number of unbranched alkanes of at least 4 members (excludes halogenated alkanes) is 1. The van der Waals surface area contributed by atoms with Crippen LogP contribution in [0.3, 0.4) is 0 Å². The molecule has 0 spiro atoms. The summed E-state index contributed by atoms with van der Waals surface area (Å²) in [5.74, 6) is -1.23. The Labute approximate surface area is 150 Å². The Balaban J connectivity index is 4.51. The number of hydrogen-bond donors (Lipinski definition) is 0. The third-order valence-electron chi connectivity index (χ3n) is 4.18. The molecule has 6 nitrogen and oxygen atoms in total. The Kier molecular flexibility index (Phi) is 12.7. The molecule has 0 bridgehead atoms. The van der Waals surface area contributed by atoms with Crippen molar-refractivity contribution in [1.29, 1.82) is 31.6 Å². The Bertz CT molecular complexity index is 628. The van der Waals surface area contributed by atoms with E-state index in [1.54, 1.807) is 0 Å². The van der Waals surface area contributed by atoms with Crippen LogP contribution in [0.15, 0.2) is 0 Å². The lowest BCUT2D eigenvalue weighted by molar-refractivity contribution is 0.381. The van der Waals surface area contributed by atoms with Crippen molar-refractivity contribution < 1.29 is 0 Å². The van der Waals surface area contributed by atoms with Gasteiger partial charge >= 0.3 is 0 Å². The summed E-state index contributed by atoms with van der Waals surface area (Å²) >= 11 is 0. The van der Waals surface area contributed by atoms with E-state index in [0.717, 1.165) is 0 Å². The van der Waals surface area contributed by atoms with E-state index in [1.807, 2.05) is 12.1 Å². The quantitative estimate of drug-likeness (QED) is 0.491. The van der Waals surface area contributed by atoms with E-state index in [4.69, 9.17) is 15.8 Å². The monoisotopic (exact) mass is 334 g/mol. The molecule has 0 aromatic rings. The van der Waals surface area contributed by atoms with Gasteiger partial charge in [0, 0.05) is 36.5 Å². The van der Waals surface area contributed by atoms with Crippen molar-refractivity contribution in [2.75, 3.05) is 0 Å². The van der Waals surface area contributed by atoms with Crippen LogP contribution in [0.1, 0.15) is 57.8 Å². The van der Waals surface area contributed by atoms with Crippen molar-refractivity contribution in [3.05, 3.63) is 0 Å². The molecule has 4 atom stereocenters. The molecule has 0 aromatic carbocycles. The van der Waals surface area contributed by atoms with Crippen LogP contribution in [0, 0.1) is 91.7 Å². The highest BCUT2D eigenvalue weighted by Gasteiger charge is 2.21. The summed E-state index contributed by atoms with van der Waals surface area (Å²) < 4.78 is 0. The van der Waals surface area contributed by atoms with E-state index in [9.17, 15) is 15.8 Å². The standard InChI is InChI=1S/C19H22N6/c20-8-2-1-4-17(13-23)10-19(15-25)11-18(14-24)7-6-16(12-22)5-3-9-21/h16-19H,1-7,10-11H2. The fourth-order valence-electron chi connectivity index (χ4n) is 2.70. The summed E-state index contributed by atoms with van der Waals surface area (Å²) in [5.41, 5.74) is 0. The van der Waals surface area contributed by atoms with Crippen molar-refractivity contribution >= 4 is 0 Å². The maximum absolute atomic E-state index is 9.32. The van der Waals surface area contributed by atoms with E-state index in [-0.39, 0.29) is 23.7 Å². The highest BCUT2D eigenvalue weighted by atomic mass is 14.4. The van der Waals surface area contributed by atoms with Gasteiger partial charge < -0.3 is 0 Å². The fraction of sp³-hybridized carbons (Fsp3) is 0.684. The number of nitrogens with zero attached hydrogens (tertiary/aromatic N) is 6. The molecule has 6 heteroatoms. The highest BCUT2D eigenvalue weighted by molar-refractivity contribution is 4.96. The molecule has 0 aliphatic rings. The number of nitriles is 6. The van der Waals surface area contributed by atoms with Gasteiger partial charge in [-0.25, -0.2) is 0 Å². The minimum absolute atomic E-state index is 0.242. The summed E-state index contributed by atoms with van der Waals surface area (Å²) in [5, 5.41) is 54.0. The average Bonchev–Trinajstić information content (AvgIpc) is 2.65. The van der Waals surface area contributed by atoms with Crippen molar-refractivity contribution in [3.8, 4) is 36.4 Å². The van der Waals surface area contributed by atoms with Crippen LogP contribution < -0.4 is 0 Å². The summed E-state index contributed by atoms with van der Waals surface area (Å²) in [6.07, 6.45) is 4.30. The average molecular weight is 334 g/mol. The molecule has 0 radical (unpaired) electrons. The minimum atomic E-state index is -0.379. The van der Waals surface area contributed by atoms with Crippen LogP contribution in [0.5, 0.6) is 0 Å². The van der Waals surface area contributed by atoms with E-state index in [0.29, 0.717) is 57.8 Å². The zero-order valence-corrected chi connectivity index (χ0v) is 14.4. The predicted molar refractivity (Wildman–Crippen MR) is 89.2 cm³/mol. The smallest absolute Gasteiger partial charge is 0.0656 e. The summed E-state index contributed by atoms with van der Waals surface area (Å²) in [7, 11) is 0. The van der Waals surface area contributed by atoms with Gasteiger partial charge in [-0.05, 0) is 44.9 Å². The molecule has 0 aromatic heterocycles. The van der Waals surface area contributed by atoms with Gasteiger partial charge in [0.1, 0.15) is 0 Å². The summed E-state index contributed by atoms with van der Waals surface area (Å²) in [4.78, 5) is 0. The molecule has 0 amide bonds. The SMILES string of the molecule is N#CCCCC(C#N)CC(C#N)CC(C#N)CCC(C#N)CCC#N. The van der Waals surface area contributed by atoms with Crippen LogP contribution >= 0.6 is 0 Å². The second-order valence-corrected chi connectivity index (χ2v) is 6.10. The van der Waals surface area contributed by atoms with Gasteiger partial charge in [0.15, 0.2) is 0 Å². The van der Waals surface area contributed by atoms with Gasteiger partial charge in [0.25, 0.3) is 0 Å². The van der Waals surface area contributed by atoms with Gasteiger partial charge in [-0.3, -0.25) is 0 Å². The zero-order chi connectivity index (χ0) is 18.9. The lowest BCUT2D eigenvalue weighted by Crippen LogP contribution is -2.12. The third-order valence-corrected chi connectivity index (χ3v) is 4.18. The molecule has 25 heavy (non-hydrogen) atoms. The topological polar surface area (TPSA) is 143 Å². The van der Waals surface area contributed by atoms with E-state index in [1.165, 1.54) is 0 Å². The first kappa shape index (κ1) is 21.9. The van der Waals surface area contributed by atoms with Gasteiger partial charge in [0.2, 0.25) is 0 Å². The Morgan fingerprint density at radius 2 is 0.960 bits per heavy atom. The number of rotatable bonds is 12. The molecule has 0 heterocycles. The summed E-state index contributed by atoms with van der Waals surface area (Å²) in [6.45, 7) is 0. The molecule has 0 saturated carbocycles. The lowest BCUT2D eigenvalue weighted by atomic mass is 9.84. The van der Waals surface area contributed by atoms with Crippen LogP contribution in [-0.4, -0.2) is 0 Å². The van der Waals surface area contributed by atoms with Crippen LogP contribution in [0.4, 0.5) is 0 Å². The van der Waals surface area contributed by atoms with Crippen LogP contribution in [-0.2, 0) is 0 Å². The van der Waals surface area contributed by atoms with Crippen molar-refractivity contribution in [3.63, 3.8) is 0 Å². The first-order chi connectivity index (χ1) is 12.1. The molecule has 128 valence electrons. The molecule has 0 aliphatic heterocycles. The maximum Gasteiger partial charge on any atom is 0.0656 e. The fourth-order valence-corrected chi connectivity index (χ4v) is 2.70. The minimum Gasteiger partial charge on any atom is -0.198 e. The Hall–Kier alpha value is -3.06. The van der Waals surface area contributed by atoms with Gasteiger partial charge in [-0.15, -0.1) is 0 Å². The Morgan fingerprint density at radius 3 is 1.44 bits per heavy atom. The maximum atomic E-state index is 9.32. The van der Waals surface area contributed by atoms with Gasteiger partial charge in [0.05, 0.1) is 36.4 Å². The molecule has 4 unspecified atom stereocenters. The normalized spacial score (nSPS) is 14.2. The largest absolute Gasteiger partial charge is 0.198 e. The van der Waals surface area contributed by atoms with E-state index >= 15 is 0 Å². The molecule has 0 fully saturated rings. The van der Waals surface area contributed by atoms with Crippen LogP contribution in [0.25, 0.3) is 0 Å². The molecule has 0 saturated heterocycles. The van der Waals surface area contributed by atoms with Crippen LogP contribution in [0.2, 0.25) is 0 Å². The van der Waals surface area contributed by atoms with E-state index in [2.05, 4.69) is 24.3 Å². The first-order valence-electron chi connectivity index (χ1n) is 8.47. The Morgan fingerprint density at radius 1 is 0.480 bits per heavy atom. The molecule has 0 rings (SSSR count). The van der Waals surface area contributed by atoms with Crippen molar-refractivity contribution in [1.82, 2.24) is 0 Å². The second kappa shape index (κ2) is 14.5. The van der Waals surface area contributed by atoms with Crippen molar-refractivity contribution in [2.24, 2.45) is 23.7 Å². The van der Waals surface area contributed by atoms with Crippen molar-refractivity contribution in [2.45, 2.75) is 57.8 Å². The third kappa shape index (κ3) is 10.4. The highest BCUT2D eigenvalue weighted by Crippen LogP contribution is 2.26. The predicted octanol–water partition coefficient (Wildman–Crippen LogP) is 4.10. The molecule has 0 aliphatic carbocycles. The molecular weight excluding hydrogens is 312 g/mol. The zero-order valence-electron chi connectivity index (χ0n) is 14.4. The number of hydrogen-bond acceptors (Lipinski definition) is 6. The lowest BCUT2D eigenvalue weighted by Gasteiger charge is -2.17. The van der Waals surface area contributed by atoms with E-state index < -0.39 is 0 Å². The first-order valence-corrected chi connectivity index (χ1v) is 8.47.